The van der Waals surface area contributed by atoms with E-state index in [-0.39, 0.29) is 11.3 Å². The Morgan fingerprint density at radius 3 is 2.50 bits per heavy atom. The van der Waals surface area contributed by atoms with Gasteiger partial charge in [-0.1, -0.05) is 37.2 Å². The SMILES string of the molecule is COC(=O)c1cc(C#C[Si](C)(C)C)cc(Cl)c1N. The molecule has 0 heterocycles. The molecule has 18 heavy (non-hydrogen) atoms. The summed E-state index contributed by atoms with van der Waals surface area (Å²) in [5, 5.41) is 0.317. The molecule has 1 aromatic carbocycles. The summed E-state index contributed by atoms with van der Waals surface area (Å²) in [6.45, 7) is 6.42. The molecule has 1 rings (SSSR count). The van der Waals surface area contributed by atoms with Crippen LogP contribution in [0.3, 0.4) is 0 Å². The number of carbonyl (C=O) groups excluding carboxylic acids is 1. The maximum Gasteiger partial charge on any atom is 0.340 e. The molecule has 0 aliphatic rings. The summed E-state index contributed by atoms with van der Waals surface area (Å²) in [5.74, 6) is 2.53. The topological polar surface area (TPSA) is 52.3 Å². The first-order valence-electron chi connectivity index (χ1n) is 5.45. The van der Waals surface area contributed by atoms with Gasteiger partial charge in [-0.05, 0) is 12.1 Å². The summed E-state index contributed by atoms with van der Waals surface area (Å²) in [6, 6.07) is 3.27. The molecule has 96 valence electrons. The van der Waals surface area contributed by atoms with E-state index in [0.717, 1.165) is 0 Å². The van der Waals surface area contributed by atoms with Crippen LogP contribution in [0.4, 0.5) is 5.69 Å². The number of methoxy groups -OCH3 is 1. The van der Waals surface area contributed by atoms with Crippen LogP contribution in [0.1, 0.15) is 15.9 Å². The molecule has 0 fully saturated rings. The Kier molecular flexibility index (Phi) is 4.44. The van der Waals surface area contributed by atoms with Crippen molar-refractivity contribution >= 4 is 31.3 Å². The number of esters is 1. The highest BCUT2D eigenvalue weighted by Crippen LogP contribution is 2.25. The monoisotopic (exact) mass is 281 g/mol. The van der Waals surface area contributed by atoms with Crippen molar-refractivity contribution in [1.29, 1.82) is 0 Å². The average molecular weight is 282 g/mol. The van der Waals surface area contributed by atoms with Gasteiger partial charge in [0.15, 0.2) is 0 Å². The molecular formula is C13H16ClNO2Si. The second-order valence-corrected chi connectivity index (χ2v) is 10.1. The Hall–Kier alpha value is -1.44. The number of hydrogen-bond donors (Lipinski definition) is 1. The van der Waals surface area contributed by atoms with Gasteiger partial charge in [0.05, 0.1) is 23.4 Å². The van der Waals surface area contributed by atoms with Gasteiger partial charge in [0, 0.05) is 5.56 Å². The van der Waals surface area contributed by atoms with E-state index < -0.39 is 14.0 Å². The van der Waals surface area contributed by atoms with E-state index >= 15 is 0 Å². The van der Waals surface area contributed by atoms with Crippen LogP contribution in [-0.4, -0.2) is 21.2 Å². The van der Waals surface area contributed by atoms with Gasteiger partial charge in [-0.3, -0.25) is 0 Å². The molecule has 2 N–H and O–H groups in total. The first-order valence-corrected chi connectivity index (χ1v) is 9.33. The summed E-state index contributed by atoms with van der Waals surface area (Å²) in [7, 11) is -0.174. The molecule has 0 saturated heterocycles. The summed E-state index contributed by atoms with van der Waals surface area (Å²) in [4.78, 5) is 11.5. The molecule has 0 bridgehead atoms. The van der Waals surface area contributed by atoms with Crippen molar-refractivity contribution in [3.8, 4) is 11.5 Å². The number of hydrogen-bond acceptors (Lipinski definition) is 3. The number of halogens is 1. The van der Waals surface area contributed by atoms with Crippen molar-refractivity contribution < 1.29 is 9.53 Å². The van der Waals surface area contributed by atoms with Gasteiger partial charge in [-0.2, -0.15) is 0 Å². The van der Waals surface area contributed by atoms with Crippen LogP contribution in [0, 0.1) is 11.5 Å². The summed E-state index contributed by atoms with van der Waals surface area (Å²) in [6.07, 6.45) is 0. The molecule has 0 amide bonds. The summed E-state index contributed by atoms with van der Waals surface area (Å²) in [5.41, 5.74) is 10.1. The minimum Gasteiger partial charge on any atom is -0.465 e. The van der Waals surface area contributed by atoms with E-state index in [1.807, 2.05) is 0 Å². The van der Waals surface area contributed by atoms with Crippen LogP contribution in [0.2, 0.25) is 24.7 Å². The summed E-state index contributed by atoms with van der Waals surface area (Å²) < 4.78 is 4.66. The zero-order chi connectivity index (χ0) is 13.9. The predicted octanol–water partition coefficient (Wildman–Crippen LogP) is 2.94. The standard InChI is InChI=1S/C13H16ClNO2Si/c1-17-13(16)10-7-9(5-6-18(2,3)4)8-11(14)12(10)15/h7-8H,15H2,1-4H3. The van der Waals surface area contributed by atoms with Crippen LogP contribution >= 0.6 is 11.6 Å². The summed E-state index contributed by atoms with van der Waals surface area (Å²) >= 11 is 5.98. The second-order valence-electron chi connectivity index (χ2n) is 4.91. The van der Waals surface area contributed by atoms with E-state index in [9.17, 15) is 4.79 Å². The number of nitrogens with two attached hydrogens (primary N) is 1. The average Bonchev–Trinajstić information content (AvgIpc) is 2.28. The van der Waals surface area contributed by atoms with Gasteiger partial charge in [0.1, 0.15) is 8.07 Å². The van der Waals surface area contributed by atoms with Crippen molar-refractivity contribution in [1.82, 2.24) is 0 Å². The minimum atomic E-state index is -1.48. The van der Waals surface area contributed by atoms with Crippen LogP contribution in [-0.2, 0) is 4.74 Å². The molecule has 0 aromatic heterocycles. The highest BCUT2D eigenvalue weighted by Gasteiger charge is 2.14. The van der Waals surface area contributed by atoms with Gasteiger partial charge < -0.3 is 10.5 Å². The lowest BCUT2D eigenvalue weighted by Gasteiger charge is -2.07. The second kappa shape index (κ2) is 5.47. The van der Waals surface area contributed by atoms with Gasteiger partial charge in [-0.15, -0.1) is 5.54 Å². The fourth-order valence-electron chi connectivity index (χ4n) is 1.23. The number of nitrogen functional groups attached to an aromatic ring is 1. The maximum atomic E-state index is 11.5. The van der Waals surface area contributed by atoms with Crippen molar-refractivity contribution in [2.24, 2.45) is 0 Å². The van der Waals surface area contributed by atoms with E-state index in [1.54, 1.807) is 12.1 Å². The third-order valence-electron chi connectivity index (χ3n) is 2.12. The molecule has 0 saturated carbocycles. The minimum absolute atomic E-state index is 0.224. The van der Waals surface area contributed by atoms with E-state index in [2.05, 4.69) is 35.8 Å². The number of anilines is 1. The molecule has 0 aliphatic carbocycles. The largest absolute Gasteiger partial charge is 0.465 e. The Bertz CT molecular complexity index is 538. The first-order chi connectivity index (χ1) is 8.24. The number of benzene rings is 1. The van der Waals surface area contributed by atoms with Crippen LogP contribution in [0.5, 0.6) is 0 Å². The quantitative estimate of drug-likeness (QED) is 0.373. The van der Waals surface area contributed by atoms with Crippen LogP contribution in [0.25, 0.3) is 0 Å². The predicted molar refractivity (Wildman–Crippen MR) is 77.4 cm³/mol. The molecule has 0 unspecified atom stereocenters. The number of ether oxygens (including phenoxy) is 1. The van der Waals surface area contributed by atoms with E-state index in [1.165, 1.54) is 7.11 Å². The molecule has 3 nitrogen and oxygen atoms in total. The van der Waals surface area contributed by atoms with Crippen LogP contribution in [0.15, 0.2) is 12.1 Å². The molecular weight excluding hydrogens is 266 g/mol. The Morgan fingerprint density at radius 1 is 1.39 bits per heavy atom. The third-order valence-corrected chi connectivity index (χ3v) is 3.30. The lowest BCUT2D eigenvalue weighted by molar-refractivity contribution is 0.0602. The van der Waals surface area contributed by atoms with Crippen molar-refractivity contribution in [3.63, 3.8) is 0 Å². The third kappa shape index (κ3) is 3.79. The lowest BCUT2D eigenvalue weighted by Crippen LogP contribution is -2.16. The Labute approximate surface area is 113 Å². The van der Waals surface area contributed by atoms with Crippen molar-refractivity contribution in [2.75, 3.05) is 12.8 Å². The molecule has 0 spiro atoms. The molecule has 0 radical (unpaired) electrons. The number of carbonyl (C=O) groups is 1. The van der Waals surface area contributed by atoms with Gasteiger partial charge >= 0.3 is 5.97 Å². The lowest BCUT2D eigenvalue weighted by atomic mass is 10.1. The number of rotatable bonds is 1. The highest BCUT2D eigenvalue weighted by molar-refractivity contribution is 6.83. The zero-order valence-corrected chi connectivity index (χ0v) is 12.7. The van der Waals surface area contributed by atoms with Crippen molar-refractivity contribution in [3.05, 3.63) is 28.3 Å². The van der Waals surface area contributed by atoms with E-state index in [4.69, 9.17) is 17.3 Å². The van der Waals surface area contributed by atoms with Gasteiger partial charge in [-0.25, -0.2) is 4.79 Å². The molecule has 5 heteroatoms. The Morgan fingerprint density at radius 2 is 2.00 bits per heavy atom. The maximum absolute atomic E-state index is 11.5. The van der Waals surface area contributed by atoms with E-state index in [0.29, 0.717) is 10.6 Å². The molecule has 1 aromatic rings. The zero-order valence-electron chi connectivity index (χ0n) is 10.9. The van der Waals surface area contributed by atoms with Gasteiger partial charge in [0.2, 0.25) is 0 Å². The highest BCUT2D eigenvalue weighted by atomic mass is 35.5. The van der Waals surface area contributed by atoms with Crippen LogP contribution < -0.4 is 5.73 Å². The fraction of sp³-hybridized carbons (Fsp3) is 0.308. The molecule has 0 aliphatic heterocycles. The Balaban J connectivity index is 3.28. The van der Waals surface area contributed by atoms with Crippen molar-refractivity contribution in [2.45, 2.75) is 19.6 Å². The smallest absolute Gasteiger partial charge is 0.340 e. The first kappa shape index (κ1) is 14.6. The van der Waals surface area contributed by atoms with Gasteiger partial charge in [0.25, 0.3) is 0 Å². The molecule has 0 atom stereocenters. The normalized spacial score (nSPS) is 10.5. The fourth-order valence-corrected chi connectivity index (χ4v) is 1.97.